The monoisotopic (exact) mass is 738 g/mol. The number of fused-ring (bicyclic) bond motifs is 2. The smallest absolute Gasteiger partial charge is 0.232 e. The highest BCUT2D eigenvalue weighted by Crippen LogP contribution is 2.46. The molecule has 51 heavy (non-hydrogen) atoms. The van der Waals surface area contributed by atoms with E-state index in [1.807, 2.05) is 16.8 Å². The molecular weight excluding hydrogens is 689 g/mol. The number of nitrogens with one attached hydrogen (secondary N) is 2. The molecular formula is C35H50N8O6SSi. The molecule has 0 radical (unpaired) electrons. The average Bonchev–Trinajstić information content (AvgIpc) is 3.49. The van der Waals surface area contributed by atoms with E-state index in [1.54, 1.807) is 19.2 Å². The summed E-state index contributed by atoms with van der Waals surface area (Å²) in [6, 6.07) is 10.6. The molecule has 0 spiro atoms. The lowest BCUT2D eigenvalue weighted by atomic mass is 10.1. The van der Waals surface area contributed by atoms with Crippen molar-refractivity contribution in [2.75, 3.05) is 93.3 Å². The molecule has 1 fully saturated rings. The van der Waals surface area contributed by atoms with Gasteiger partial charge in [0.2, 0.25) is 16.0 Å². The molecule has 2 aromatic heterocycles. The molecule has 0 amide bonds. The summed E-state index contributed by atoms with van der Waals surface area (Å²) in [7, 11) is 0.357. The van der Waals surface area contributed by atoms with Crippen molar-refractivity contribution < 1.29 is 27.4 Å². The Morgan fingerprint density at radius 2 is 1.75 bits per heavy atom. The molecule has 2 aliphatic heterocycles. The standard InChI is InChI=1S/C35H50N8O6SSi/c1-24-21-27(30(46-4)22-28(24)42-15-13-40(2)14-16-42)37-35-38-33(25-11-12-43(34(25)39-35)23-47-19-20-51(6,7)8)36-26-9-10-29-32(49-18-17-48-29)31(26)41(3)50(5,44)45/h9-12,21-22H,13-20,23H2,1-8H3,(H2,36,37,38,39). The van der Waals surface area contributed by atoms with Crippen LogP contribution < -0.4 is 34.0 Å². The number of likely N-dealkylation sites (N-methyl/N-ethyl adjacent to an activating group) is 1. The minimum atomic E-state index is -3.67. The molecule has 0 saturated carbocycles. The molecule has 2 aliphatic rings. The molecule has 6 rings (SSSR count). The second-order valence-corrected chi connectivity index (χ2v) is 22.0. The normalized spacial score (nSPS) is 15.3. The van der Waals surface area contributed by atoms with Crippen molar-refractivity contribution in [3.8, 4) is 17.2 Å². The Balaban J connectivity index is 1.40. The molecule has 4 heterocycles. The molecule has 16 heteroatoms. The van der Waals surface area contributed by atoms with Gasteiger partial charge in [-0.2, -0.15) is 9.97 Å². The fourth-order valence-electron chi connectivity index (χ4n) is 6.12. The first-order chi connectivity index (χ1) is 24.2. The number of sulfonamides is 1. The van der Waals surface area contributed by atoms with Gasteiger partial charge in [-0.05, 0) is 49.8 Å². The zero-order chi connectivity index (χ0) is 36.5. The van der Waals surface area contributed by atoms with Crippen LogP contribution in [0.5, 0.6) is 17.2 Å². The highest BCUT2D eigenvalue weighted by molar-refractivity contribution is 7.92. The van der Waals surface area contributed by atoms with Crippen molar-refractivity contribution >= 4 is 63.6 Å². The number of hydrogen-bond acceptors (Lipinski definition) is 12. The first-order valence-electron chi connectivity index (χ1n) is 17.2. The number of anilines is 6. The second kappa shape index (κ2) is 14.8. The number of aromatic nitrogens is 3. The molecule has 4 aromatic rings. The van der Waals surface area contributed by atoms with E-state index >= 15 is 0 Å². The van der Waals surface area contributed by atoms with Gasteiger partial charge in [0.05, 0.1) is 30.1 Å². The Morgan fingerprint density at radius 1 is 1.00 bits per heavy atom. The number of hydrogen-bond donors (Lipinski definition) is 2. The number of aryl methyl sites for hydroxylation is 1. The van der Waals surface area contributed by atoms with Crippen LogP contribution in [0.3, 0.4) is 0 Å². The van der Waals surface area contributed by atoms with Gasteiger partial charge in [0.25, 0.3) is 0 Å². The minimum Gasteiger partial charge on any atom is -0.494 e. The van der Waals surface area contributed by atoms with Gasteiger partial charge in [-0.3, -0.25) is 4.31 Å². The maximum Gasteiger partial charge on any atom is 0.232 e. The summed E-state index contributed by atoms with van der Waals surface area (Å²) in [4.78, 5) is 14.6. The quantitative estimate of drug-likeness (QED) is 0.133. The van der Waals surface area contributed by atoms with Gasteiger partial charge in [-0.1, -0.05) is 19.6 Å². The number of piperazine rings is 1. The second-order valence-electron chi connectivity index (χ2n) is 14.4. The van der Waals surface area contributed by atoms with Crippen molar-refractivity contribution in [3.63, 3.8) is 0 Å². The SMILES string of the molecule is COc1cc(N2CCN(C)CC2)c(C)cc1Nc1nc(Nc2ccc3c(c2N(C)S(C)(=O)=O)OCCO3)c2ccn(COCC[Si](C)(C)C)c2n1. The van der Waals surface area contributed by atoms with E-state index in [2.05, 4.69) is 66.2 Å². The molecule has 0 bridgehead atoms. The first-order valence-corrected chi connectivity index (χ1v) is 22.7. The predicted octanol–water partition coefficient (Wildman–Crippen LogP) is 5.47. The van der Waals surface area contributed by atoms with Gasteiger partial charge in [0.15, 0.2) is 11.5 Å². The molecule has 0 aliphatic carbocycles. The summed E-state index contributed by atoms with van der Waals surface area (Å²) >= 11 is 0. The Morgan fingerprint density at radius 3 is 2.45 bits per heavy atom. The van der Waals surface area contributed by atoms with Crippen LogP contribution in [0.15, 0.2) is 36.5 Å². The summed E-state index contributed by atoms with van der Waals surface area (Å²) in [6.45, 7) is 14.6. The van der Waals surface area contributed by atoms with Crippen molar-refractivity contribution in [1.82, 2.24) is 19.4 Å². The summed E-state index contributed by atoms with van der Waals surface area (Å²) in [6.07, 6.45) is 3.07. The van der Waals surface area contributed by atoms with E-state index in [1.165, 1.54) is 11.4 Å². The third-order valence-corrected chi connectivity index (χ3v) is 12.1. The minimum absolute atomic E-state index is 0.294. The fraction of sp³-hybridized carbons (Fsp3) is 0.486. The Hall–Kier alpha value is -4.25. The van der Waals surface area contributed by atoms with Gasteiger partial charge in [0.1, 0.15) is 42.8 Å². The summed E-state index contributed by atoms with van der Waals surface area (Å²) < 4.78 is 52.6. The van der Waals surface area contributed by atoms with Crippen LogP contribution in [0.25, 0.3) is 11.0 Å². The van der Waals surface area contributed by atoms with Crippen molar-refractivity contribution in [2.45, 2.75) is 39.3 Å². The molecule has 14 nitrogen and oxygen atoms in total. The number of nitrogens with zero attached hydrogens (tertiary/aromatic N) is 6. The van der Waals surface area contributed by atoms with Crippen LogP contribution in [0, 0.1) is 6.92 Å². The Kier molecular flexibility index (Phi) is 10.6. The molecule has 276 valence electrons. The van der Waals surface area contributed by atoms with Gasteiger partial charge < -0.3 is 43.9 Å². The zero-order valence-electron chi connectivity index (χ0n) is 30.9. The molecule has 1 saturated heterocycles. The lowest BCUT2D eigenvalue weighted by Gasteiger charge is -2.35. The van der Waals surface area contributed by atoms with Crippen LogP contribution in [-0.2, 0) is 21.5 Å². The molecule has 2 N–H and O–H groups in total. The number of ether oxygens (including phenoxy) is 4. The van der Waals surface area contributed by atoms with Crippen molar-refractivity contribution in [1.29, 1.82) is 0 Å². The Bertz CT molecular complexity index is 1990. The van der Waals surface area contributed by atoms with Crippen LogP contribution in [0.2, 0.25) is 25.7 Å². The zero-order valence-corrected chi connectivity index (χ0v) is 32.7. The highest BCUT2D eigenvalue weighted by Gasteiger charge is 2.28. The first kappa shape index (κ1) is 36.5. The largest absolute Gasteiger partial charge is 0.494 e. The number of benzene rings is 2. The fourth-order valence-corrected chi connectivity index (χ4v) is 7.39. The molecule has 0 atom stereocenters. The van der Waals surface area contributed by atoms with E-state index in [9.17, 15) is 8.42 Å². The maximum absolute atomic E-state index is 12.8. The van der Waals surface area contributed by atoms with Crippen molar-refractivity contribution in [2.24, 2.45) is 0 Å². The third-order valence-electron chi connectivity index (χ3n) is 9.20. The van der Waals surface area contributed by atoms with E-state index in [4.69, 9.17) is 28.9 Å². The van der Waals surface area contributed by atoms with Crippen LogP contribution in [-0.4, -0.2) is 109 Å². The van der Waals surface area contributed by atoms with Gasteiger partial charge in [-0.25, -0.2) is 8.42 Å². The van der Waals surface area contributed by atoms with Crippen LogP contribution in [0.1, 0.15) is 5.56 Å². The lowest BCUT2D eigenvalue weighted by molar-refractivity contribution is 0.0899. The van der Waals surface area contributed by atoms with E-state index in [0.29, 0.717) is 72.6 Å². The van der Waals surface area contributed by atoms with Crippen LogP contribution in [0.4, 0.5) is 34.5 Å². The topological polar surface area (TPSA) is 136 Å². The lowest BCUT2D eigenvalue weighted by Crippen LogP contribution is -2.44. The third kappa shape index (κ3) is 8.29. The highest BCUT2D eigenvalue weighted by atomic mass is 32.2. The van der Waals surface area contributed by atoms with Gasteiger partial charge >= 0.3 is 0 Å². The number of methoxy groups -OCH3 is 1. The van der Waals surface area contributed by atoms with E-state index < -0.39 is 18.1 Å². The summed E-state index contributed by atoms with van der Waals surface area (Å²) in [5, 5.41) is 7.57. The molecule has 2 aromatic carbocycles. The number of rotatable bonds is 13. The van der Waals surface area contributed by atoms with Gasteiger partial charge in [-0.15, -0.1) is 0 Å². The molecule has 0 unspecified atom stereocenters. The maximum atomic E-state index is 12.8. The van der Waals surface area contributed by atoms with Gasteiger partial charge in [0, 0.05) is 65.9 Å². The average molecular weight is 739 g/mol. The van der Waals surface area contributed by atoms with Crippen molar-refractivity contribution in [3.05, 3.63) is 42.1 Å². The van der Waals surface area contributed by atoms with Crippen LogP contribution >= 0.6 is 0 Å². The van der Waals surface area contributed by atoms with E-state index in [-0.39, 0.29) is 0 Å². The Labute approximate surface area is 301 Å². The van der Waals surface area contributed by atoms with E-state index in [0.717, 1.165) is 60.8 Å². The summed E-state index contributed by atoms with van der Waals surface area (Å²) in [5.41, 5.74) is 4.40. The summed E-state index contributed by atoms with van der Waals surface area (Å²) in [5.74, 6) is 2.27. The predicted molar refractivity (Wildman–Crippen MR) is 206 cm³/mol.